The first-order valence-electron chi connectivity index (χ1n) is 5.72. The van der Waals surface area contributed by atoms with Crippen LogP contribution in [0.4, 0.5) is 4.39 Å². The van der Waals surface area contributed by atoms with Gasteiger partial charge in [0.15, 0.2) is 0 Å². The minimum absolute atomic E-state index is 0.241. The van der Waals surface area contributed by atoms with Gasteiger partial charge in [0.1, 0.15) is 5.82 Å². The Morgan fingerprint density at radius 2 is 2.24 bits per heavy atom. The number of rotatable bonds is 4. The summed E-state index contributed by atoms with van der Waals surface area (Å²) >= 11 is 0. The average molecular weight is 233 g/mol. The molecule has 0 saturated heterocycles. The molecule has 0 atom stereocenters. The Bertz CT molecular complexity index is 505. The van der Waals surface area contributed by atoms with Crippen molar-refractivity contribution in [1.82, 2.24) is 15.1 Å². The predicted molar refractivity (Wildman–Crippen MR) is 65.7 cm³/mol. The van der Waals surface area contributed by atoms with E-state index in [4.69, 9.17) is 0 Å². The van der Waals surface area contributed by atoms with Crippen molar-refractivity contribution in [1.29, 1.82) is 0 Å². The number of nitrogens with one attached hydrogen (secondary N) is 1. The van der Waals surface area contributed by atoms with E-state index >= 15 is 0 Å². The third kappa shape index (κ3) is 2.36. The second-order valence-corrected chi connectivity index (χ2v) is 3.89. The maximum atomic E-state index is 13.2. The Balaban J connectivity index is 2.45. The Morgan fingerprint density at radius 3 is 2.88 bits per heavy atom. The Kier molecular flexibility index (Phi) is 3.54. The third-order valence-corrected chi connectivity index (χ3v) is 2.71. The predicted octanol–water partition coefficient (Wildman–Crippen LogP) is 2.29. The van der Waals surface area contributed by atoms with Gasteiger partial charge in [-0.15, -0.1) is 0 Å². The smallest absolute Gasteiger partial charge is 0.125 e. The molecule has 0 radical (unpaired) electrons. The van der Waals surface area contributed by atoms with Crippen molar-refractivity contribution in [3.8, 4) is 5.69 Å². The number of halogens is 1. The van der Waals surface area contributed by atoms with Crippen molar-refractivity contribution < 1.29 is 4.39 Å². The summed E-state index contributed by atoms with van der Waals surface area (Å²) in [6.07, 6.45) is 2.70. The van der Waals surface area contributed by atoms with Crippen LogP contribution in [0, 0.1) is 5.82 Å². The SMILES string of the molecule is CCc1c(CNC)cnn1-c1cccc(F)c1. The molecule has 0 spiro atoms. The molecule has 2 aromatic rings. The van der Waals surface area contributed by atoms with Gasteiger partial charge < -0.3 is 5.32 Å². The molecule has 0 aliphatic rings. The van der Waals surface area contributed by atoms with Crippen LogP contribution in [0.5, 0.6) is 0 Å². The van der Waals surface area contributed by atoms with Crippen molar-refractivity contribution in [3.63, 3.8) is 0 Å². The zero-order valence-electron chi connectivity index (χ0n) is 10.1. The van der Waals surface area contributed by atoms with Crippen LogP contribution in [0.3, 0.4) is 0 Å². The molecule has 90 valence electrons. The third-order valence-electron chi connectivity index (χ3n) is 2.71. The van der Waals surface area contributed by atoms with Crippen molar-refractivity contribution >= 4 is 0 Å². The van der Waals surface area contributed by atoms with Crippen LogP contribution < -0.4 is 5.32 Å². The van der Waals surface area contributed by atoms with Gasteiger partial charge in [0.2, 0.25) is 0 Å². The normalized spacial score (nSPS) is 10.8. The lowest BCUT2D eigenvalue weighted by Crippen LogP contribution is -2.08. The Hall–Kier alpha value is -1.68. The van der Waals surface area contributed by atoms with E-state index in [-0.39, 0.29) is 5.82 Å². The first-order chi connectivity index (χ1) is 8.26. The van der Waals surface area contributed by atoms with Gasteiger partial charge in [-0.05, 0) is 31.7 Å². The fourth-order valence-electron chi connectivity index (χ4n) is 1.95. The van der Waals surface area contributed by atoms with E-state index in [0.717, 1.165) is 29.9 Å². The van der Waals surface area contributed by atoms with E-state index < -0.39 is 0 Å². The quantitative estimate of drug-likeness (QED) is 0.878. The molecule has 0 bridgehead atoms. The minimum atomic E-state index is -0.241. The van der Waals surface area contributed by atoms with E-state index in [1.54, 1.807) is 10.7 Å². The van der Waals surface area contributed by atoms with E-state index in [9.17, 15) is 4.39 Å². The lowest BCUT2D eigenvalue weighted by atomic mass is 10.2. The van der Waals surface area contributed by atoms with Gasteiger partial charge in [0, 0.05) is 17.8 Å². The zero-order valence-corrected chi connectivity index (χ0v) is 10.1. The van der Waals surface area contributed by atoms with Gasteiger partial charge in [0.25, 0.3) is 0 Å². The molecule has 1 N–H and O–H groups in total. The zero-order chi connectivity index (χ0) is 12.3. The molecule has 1 aromatic carbocycles. The summed E-state index contributed by atoms with van der Waals surface area (Å²) in [7, 11) is 1.90. The second kappa shape index (κ2) is 5.10. The Labute approximate surface area is 100 Å². The first kappa shape index (κ1) is 11.8. The van der Waals surface area contributed by atoms with Crippen LogP contribution in [-0.2, 0) is 13.0 Å². The standard InChI is InChI=1S/C13H16FN3/c1-3-13-10(8-15-2)9-16-17(13)12-6-4-5-11(14)7-12/h4-7,9,15H,3,8H2,1-2H3. The van der Waals surface area contributed by atoms with Gasteiger partial charge in [-0.3, -0.25) is 0 Å². The van der Waals surface area contributed by atoms with Crippen LogP contribution in [0.2, 0.25) is 0 Å². The highest BCUT2D eigenvalue weighted by Gasteiger charge is 2.10. The molecule has 0 saturated carbocycles. The highest BCUT2D eigenvalue weighted by molar-refractivity contribution is 5.35. The number of aromatic nitrogens is 2. The van der Waals surface area contributed by atoms with Crippen molar-refractivity contribution in [2.75, 3.05) is 7.05 Å². The van der Waals surface area contributed by atoms with Gasteiger partial charge in [-0.1, -0.05) is 13.0 Å². The molecule has 0 aliphatic heterocycles. The fraction of sp³-hybridized carbons (Fsp3) is 0.308. The fourth-order valence-corrected chi connectivity index (χ4v) is 1.95. The molecule has 1 aromatic heterocycles. The molecule has 2 rings (SSSR count). The van der Waals surface area contributed by atoms with E-state index in [1.165, 1.54) is 12.1 Å². The van der Waals surface area contributed by atoms with E-state index in [1.807, 2.05) is 19.3 Å². The van der Waals surface area contributed by atoms with Crippen molar-refractivity contribution in [2.45, 2.75) is 19.9 Å². The van der Waals surface area contributed by atoms with Crippen LogP contribution in [0.25, 0.3) is 5.69 Å². The molecule has 0 fully saturated rings. The lowest BCUT2D eigenvalue weighted by Gasteiger charge is -2.07. The molecular formula is C13H16FN3. The number of benzene rings is 1. The van der Waals surface area contributed by atoms with Gasteiger partial charge in [-0.2, -0.15) is 5.10 Å². The summed E-state index contributed by atoms with van der Waals surface area (Å²) in [5.41, 5.74) is 3.04. The highest BCUT2D eigenvalue weighted by Crippen LogP contribution is 2.16. The number of nitrogens with zero attached hydrogens (tertiary/aromatic N) is 2. The summed E-state index contributed by atoms with van der Waals surface area (Å²) in [6, 6.07) is 6.49. The van der Waals surface area contributed by atoms with Crippen molar-refractivity contribution in [2.24, 2.45) is 0 Å². The molecule has 0 unspecified atom stereocenters. The summed E-state index contributed by atoms with van der Waals surface area (Å²) < 4.78 is 15.0. The van der Waals surface area contributed by atoms with E-state index in [2.05, 4.69) is 17.3 Å². The minimum Gasteiger partial charge on any atom is -0.316 e. The molecule has 0 amide bonds. The molecular weight excluding hydrogens is 217 g/mol. The monoisotopic (exact) mass is 233 g/mol. The summed E-state index contributed by atoms with van der Waals surface area (Å²) in [5.74, 6) is -0.241. The molecule has 0 aliphatic carbocycles. The van der Waals surface area contributed by atoms with Crippen LogP contribution >= 0.6 is 0 Å². The van der Waals surface area contributed by atoms with Gasteiger partial charge in [0.05, 0.1) is 11.9 Å². The summed E-state index contributed by atoms with van der Waals surface area (Å²) in [6.45, 7) is 2.85. The summed E-state index contributed by atoms with van der Waals surface area (Å²) in [4.78, 5) is 0. The van der Waals surface area contributed by atoms with Gasteiger partial charge in [-0.25, -0.2) is 9.07 Å². The highest BCUT2D eigenvalue weighted by atomic mass is 19.1. The number of hydrogen-bond donors (Lipinski definition) is 1. The largest absolute Gasteiger partial charge is 0.316 e. The average Bonchev–Trinajstić information content (AvgIpc) is 2.72. The second-order valence-electron chi connectivity index (χ2n) is 3.89. The molecule has 1 heterocycles. The van der Waals surface area contributed by atoms with Crippen LogP contribution in [0.15, 0.2) is 30.5 Å². The molecule has 3 nitrogen and oxygen atoms in total. The lowest BCUT2D eigenvalue weighted by molar-refractivity contribution is 0.624. The maximum Gasteiger partial charge on any atom is 0.125 e. The number of hydrogen-bond acceptors (Lipinski definition) is 2. The molecule has 4 heteroatoms. The van der Waals surface area contributed by atoms with Crippen LogP contribution in [-0.4, -0.2) is 16.8 Å². The van der Waals surface area contributed by atoms with Gasteiger partial charge >= 0.3 is 0 Å². The van der Waals surface area contributed by atoms with Crippen LogP contribution in [0.1, 0.15) is 18.2 Å². The topological polar surface area (TPSA) is 29.9 Å². The van der Waals surface area contributed by atoms with E-state index in [0.29, 0.717) is 0 Å². The summed E-state index contributed by atoms with van der Waals surface area (Å²) in [5, 5.41) is 7.43. The Morgan fingerprint density at radius 1 is 1.41 bits per heavy atom. The maximum absolute atomic E-state index is 13.2. The van der Waals surface area contributed by atoms with Crippen molar-refractivity contribution in [3.05, 3.63) is 47.5 Å². The molecule has 17 heavy (non-hydrogen) atoms. The first-order valence-corrected chi connectivity index (χ1v) is 5.72.